The lowest BCUT2D eigenvalue weighted by Gasteiger charge is -1.87. The minimum atomic E-state index is -0.300. The van der Waals surface area contributed by atoms with Gasteiger partial charge >= 0.3 is 6.21 Å². The van der Waals surface area contributed by atoms with Crippen LogP contribution in [0.3, 0.4) is 0 Å². The summed E-state index contributed by atoms with van der Waals surface area (Å²) >= 11 is 0. The minimum Gasteiger partial charge on any atom is -0.361 e. The lowest BCUT2D eigenvalue weighted by Crippen LogP contribution is -1.96. The molecule has 0 aliphatic rings. The van der Waals surface area contributed by atoms with Crippen LogP contribution in [0.4, 0.5) is 0 Å². The predicted molar refractivity (Wildman–Crippen MR) is 63.6 cm³/mol. The van der Waals surface area contributed by atoms with Crippen LogP contribution in [0.25, 0.3) is 5.53 Å². The zero-order valence-corrected chi connectivity index (χ0v) is 9.62. The van der Waals surface area contributed by atoms with Gasteiger partial charge in [-0.25, -0.2) is 0 Å². The number of hydrogen-bond acceptors (Lipinski definition) is 1. The second-order valence-electron chi connectivity index (χ2n) is 3.23. The SMILES string of the molecule is CCCCCC#CCC#CCC(=O)C=[N+]=[N-]. The molecule has 0 saturated heterocycles. The molecule has 0 aromatic heterocycles. The quantitative estimate of drug-likeness (QED) is 0.228. The summed E-state index contributed by atoms with van der Waals surface area (Å²) in [6.45, 7) is 2.16. The van der Waals surface area contributed by atoms with E-state index in [0.717, 1.165) is 19.1 Å². The normalized spacial score (nSPS) is 7.81. The number of hydrogen-bond donors (Lipinski definition) is 0. The van der Waals surface area contributed by atoms with Crippen molar-refractivity contribution in [1.82, 2.24) is 0 Å². The van der Waals surface area contributed by atoms with Crippen LogP contribution in [0.1, 0.15) is 45.4 Å². The Hall–Kier alpha value is -1.83. The lowest BCUT2D eigenvalue weighted by molar-refractivity contribution is -0.115. The second-order valence-corrected chi connectivity index (χ2v) is 3.23. The van der Waals surface area contributed by atoms with E-state index in [1.807, 2.05) is 0 Å². The molecule has 0 aromatic rings. The minimum absolute atomic E-state index is 0.0849. The number of unbranched alkanes of at least 4 members (excludes halogenated alkanes) is 3. The summed E-state index contributed by atoms with van der Waals surface area (Å²) < 4.78 is 0. The molecule has 0 rings (SSSR count). The van der Waals surface area contributed by atoms with Gasteiger partial charge in [-0.1, -0.05) is 37.5 Å². The van der Waals surface area contributed by atoms with Gasteiger partial charge in [-0.05, 0) is 6.42 Å². The Morgan fingerprint density at radius 1 is 1.25 bits per heavy atom. The van der Waals surface area contributed by atoms with E-state index < -0.39 is 0 Å². The molecular formula is C13H16N2O. The number of rotatable bonds is 5. The van der Waals surface area contributed by atoms with Gasteiger partial charge in [-0.15, -0.1) is 5.92 Å². The Bertz CT molecular complexity index is 370. The van der Waals surface area contributed by atoms with Crippen molar-refractivity contribution < 1.29 is 9.58 Å². The topological polar surface area (TPSA) is 53.5 Å². The molecule has 0 aliphatic carbocycles. The van der Waals surface area contributed by atoms with Gasteiger partial charge in [-0.3, -0.25) is 4.79 Å². The number of Topliss-reactive ketones (excluding diaryl/α,β-unsaturated/α-hetero) is 1. The van der Waals surface area contributed by atoms with Gasteiger partial charge < -0.3 is 5.53 Å². The van der Waals surface area contributed by atoms with Crippen LogP contribution >= 0.6 is 0 Å². The molecule has 0 saturated carbocycles. The van der Waals surface area contributed by atoms with Gasteiger partial charge in [0.2, 0.25) is 5.78 Å². The van der Waals surface area contributed by atoms with Crippen molar-refractivity contribution in [2.45, 2.75) is 45.4 Å². The average Bonchev–Trinajstić information content (AvgIpc) is 2.27. The highest BCUT2D eigenvalue weighted by Crippen LogP contribution is 1.96. The van der Waals surface area contributed by atoms with E-state index in [9.17, 15) is 4.79 Å². The van der Waals surface area contributed by atoms with Gasteiger partial charge in [0.25, 0.3) is 0 Å². The number of ketones is 1. The van der Waals surface area contributed by atoms with E-state index in [4.69, 9.17) is 5.53 Å². The molecule has 0 spiro atoms. The van der Waals surface area contributed by atoms with E-state index in [1.54, 1.807) is 0 Å². The summed E-state index contributed by atoms with van der Waals surface area (Å²) in [5.41, 5.74) is 8.06. The molecule has 0 N–H and O–H groups in total. The predicted octanol–water partition coefficient (Wildman–Crippen LogP) is 2.22. The molecule has 0 fully saturated rings. The van der Waals surface area contributed by atoms with Gasteiger partial charge in [-0.2, -0.15) is 4.79 Å². The molecule has 0 aromatic carbocycles. The first-order valence-electron chi connectivity index (χ1n) is 5.43. The van der Waals surface area contributed by atoms with E-state index in [2.05, 4.69) is 35.4 Å². The monoisotopic (exact) mass is 216 g/mol. The summed E-state index contributed by atoms with van der Waals surface area (Å²) in [6.07, 6.45) is 5.92. The molecule has 0 atom stereocenters. The van der Waals surface area contributed by atoms with Gasteiger partial charge in [0, 0.05) is 6.42 Å². The van der Waals surface area contributed by atoms with E-state index >= 15 is 0 Å². The summed E-state index contributed by atoms with van der Waals surface area (Å²) in [4.78, 5) is 13.4. The molecule has 84 valence electrons. The standard InChI is InChI=1S/C13H16N2O/c1-2-3-4-5-6-7-8-9-10-11-13(16)12-15-14/h12H,2-5,8,11H2,1H3. The highest BCUT2D eigenvalue weighted by Gasteiger charge is 1.96. The summed E-state index contributed by atoms with van der Waals surface area (Å²) in [6, 6.07) is 0. The first kappa shape index (κ1) is 14.2. The number of nitrogens with zero attached hydrogens (tertiary/aromatic N) is 2. The Kier molecular flexibility index (Phi) is 9.96. The molecule has 0 aliphatic heterocycles. The van der Waals surface area contributed by atoms with Crippen molar-refractivity contribution >= 4 is 12.0 Å². The molecule has 0 bridgehead atoms. The zero-order valence-electron chi connectivity index (χ0n) is 9.62. The van der Waals surface area contributed by atoms with Crippen LogP contribution in [0.5, 0.6) is 0 Å². The fourth-order valence-electron chi connectivity index (χ4n) is 0.981. The van der Waals surface area contributed by atoms with Crippen molar-refractivity contribution in [2.24, 2.45) is 0 Å². The third-order valence-electron chi connectivity index (χ3n) is 1.80. The van der Waals surface area contributed by atoms with Crippen molar-refractivity contribution in [2.75, 3.05) is 0 Å². The molecule has 0 heterocycles. The Balaban J connectivity index is 3.61. The fraction of sp³-hybridized carbons (Fsp3) is 0.538. The molecule has 0 unspecified atom stereocenters. The van der Waals surface area contributed by atoms with Crippen molar-refractivity contribution in [3.05, 3.63) is 5.53 Å². The third-order valence-corrected chi connectivity index (χ3v) is 1.80. The van der Waals surface area contributed by atoms with E-state index in [1.165, 1.54) is 12.8 Å². The highest BCUT2D eigenvalue weighted by molar-refractivity contribution is 6.25. The maximum Gasteiger partial charge on any atom is 0.324 e. The summed E-state index contributed by atoms with van der Waals surface area (Å²) in [5.74, 6) is 11.1. The Morgan fingerprint density at radius 2 is 2.00 bits per heavy atom. The molecule has 3 nitrogen and oxygen atoms in total. The Morgan fingerprint density at radius 3 is 2.69 bits per heavy atom. The first-order chi connectivity index (χ1) is 7.81. The highest BCUT2D eigenvalue weighted by atomic mass is 16.1. The van der Waals surface area contributed by atoms with Crippen LogP contribution in [0.15, 0.2) is 0 Å². The van der Waals surface area contributed by atoms with Gasteiger partial charge in [0.05, 0.1) is 12.8 Å². The van der Waals surface area contributed by atoms with Gasteiger partial charge in [0.15, 0.2) is 0 Å². The molecule has 16 heavy (non-hydrogen) atoms. The van der Waals surface area contributed by atoms with Crippen LogP contribution in [0.2, 0.25) is 0 Å². The molecular weight excluding hydrogens is 200 g/mol. The average molecular weight is 216 g/mol. The van der Waals surface area contributed by atoms with Crippen LogP contribution in [-0.2, 0) is 4.79 Å². The molecule has 0 radical (unpaired) electrons. The number of carbonyl (C=O) groups is 1. The van der Waals surface area contributed by atoms with Crippen LogP contribution in [0, 0.1) is 23.7 Å². The molecule has 0 amide bonds. The molecule has 3 heteroatoms. The second kappa shape index (κ2) is 11.2. The summed E-state index contributed by atoms with van der Waals surface area (Å²) in [7, 11) is 0. The smallest absolute Gasteiger partial charge is 0.324 e. The Labute approximate surface area is 96.9 Å². The van der Waals surface area contributed by atoms with Crippen molar-refractivity contribution in [3.63, 3.8) is 0 Å². The summed E-state index contributed by atoms with van der Waals surface area (Å²) in [5, 5.41) is 0. The van der Waals surface area contributed by atoms with E-state index in [-0.39, 0.29) is 12.2 Å². The fourth-order valence-corrected chi connectivity index (χ4v) is 0.981. The largest absolute Gasteiger partial charge is 0.361 e. The van der Waals surface area contributed by atoms with Crippen LogP contribution in [-0.4, -0.2) is 16.8 Å². The third kappa shape index (κ3) is 10.3. The number of carbonyl (C=O) groups excluding carboxylic acids is 1. The van der Waals surface area contributed by atoms with Crippen molar-refractivity contribution in [3.8, 4) is 23.7 Å². The van der Waals surface area contributed by atoms with Crippen molar-refractivity contribution in [1.29, 1.82) is 0 Å². The maximum atomic E-state index is 10.8. The maximum absolute atomic E-state index is 10.8. The van der Waals surface area contributed by atoms with Crippen LogP contribution < -0.4 is 0 Å². The lowest BCUT2D eigenvalue weighted by atomic mass is 10.2. The zero-order chi connectivity index (χ0) is 12.1. The first-order valence-corrected chi connectivity index (χ1v) is 5.43. The van der Waals surface area contributed by atoms with Gasteiger partial charge in [0.1, 0.15) is 0 Å². The van der Waals surface area contributed by atoms with E-state index in [0.29, 0.717) is 6.42 Å².